The predicted octanol–water partition coefficient (Wildman–Crippen LogP) is 2.85. The van der Waals surface area contributed by atoms with Crippen LogP contribution in [0.4, 0.5) is 0 Å². The lowest BCUT2D eigenvalue weighted by atomic mass is 9.87. The Balaban J connectivity index is 2.35. The summed E-state index contributed by atoms with van der Waals surface area (Å²) in [5.41, 5.74) is 6.50. The van der Waals surface area contributed by atoms with E-state index in [-0.39, 0.29) is 6.54 Å². The molecule has 0 aliphatic carbocycles. The lowest BCUT2D eigenvalue weighted by Gasteiger charge is -2.28. The first-order valence-corrected chi connectivity index (χ1v) is 7.19. The zero-order valence-electron chi connectivity index (χ0n) is 11.3. The molecule has 3 nitrogen and oxygen atoms in total. The van der Waals surface area contributed by atoms with Crippen molar-refractivity contribution in [3.05, 3.63) is 64.1 Å². The van der Waals surface area contributed by atoms with E-state index in [1.165, 1.54) is 0 Å². The molecule has 2 aromatic rings. The molecule has 0 heterocycles. The number of nitrogens with two attached hydrogens (primary N) is 1. The first-order valence-electron chi connectivity index (χ1n) is 6.39. The molecule has 3 N–H and O–H groups in total. The second-order valence-corrected chi connectivity index (χ2v) is 5.59. The van der Waals surface area contributed by atoms with E-state index < -0.39 is 5.60 Å². The molecule has 0 aromatic heterocycles. The third kappa shape index (κ3) is 3.20. The third-order valence-corrected chi connectivity index (χ3v) is 4.16. The van der Waals surface area contributed by atoms with Gasteiger partial charge in [-0.25, -0.2) is 0 Å². The van der Waals surface area contributed by atoms with Gasteiger partial charge in [-0.15, -0.1) is 0 Å². The Kier molecular flexibility index (Phi) is 4.81. The molecule has 1 unspecified atom stereocenters. The molecule has 0 amide bonds. The second kappa shape index (κ2) is 6.39. The number of rotatable bonds is 5. The fourth-order valence-corrected chi connectivity index (χ4v) is 2.56. The van der Waals surface area contributed by atoms with Gasteiger partial charge in [0.1, 0.15) is 11.4 Å². The van der Waals surface area contributed by atoms with Crippen molar-refractivity contribution in [3.63, 3.8) is 0 Å². The van der Waals surface area contributed by atoms with E-state index in [4.69, 9.17) is 10.5 Å². The molecule has 4 heteroatoms. The average molecular weight is 336 g/mol. The van der Waals surface area contributed by atoms with Crippen molar-refractivity contribution < 1.29 is 9.84 Å². The maximum Gasteiger partial charge on any atom is 0.119 e. The molecule has 2 aromatic carbocycles. The minimum atomic E-state index is -1.09. The van der Waals surface area contributed by atoms with E-state index in [1.54, 1.807) is 7.11 Å². The molecular weight excluding hydrogens is 318 g/mol. The number of benzene rings is 2. The summed E-state index contributed by atoms with van der Waals surface area (Å²) in [6, 6.07) is 15.2. The normalized spacial score (nSPS) is 13.8. The number of hydrogen-bond acceptors (Lipinski definition) is 3. The predicted molar refractivity (Wildman–Crippen MR) is 83.8 cm³/mol. The molecule has 0 saturated heterocycles. The Hall–Kier alpha value is -1.36. The number of ether oxygens (including phenoxy) is 1. The van der Waals surface area contributed by atoms with Gasteiger partial charge >= 0.3 is 0 Å². The van der Waals surface area contributed by atoms with E-state index in [0.717, 1.165) is 21.3 Å². The van der Waals surface area contributed by atoms with Gasteiger partial charge in [-0.2, -0.15) is 0 Å². The van der Waals surface area contributed by atoms with Crippen LogP contribution in [0.2, 0.25) is 0 Å². The molecule has 0 spiro atoms. The smallest absolute Gasteiger partial charge is 0.119 e. The molecule has 0 aliphatic heterocycles. The van der Waals surface area contributed by atoms with E-state index >= 15 is 0 Å². The van der Waals surface area contributed by atoms with Gasteiger partial charge in [0.05, 0.1) is 7.11 Å². The van der Waals surface area contributed by atoms with Crippen LogP contribution in [0.15, 0.2) is 53.0 Å². The molecule has 1 atom stereocenters. The van der Waals surface area contributed by atoms with Crippen LogP contribution in [0.25, 0.3) is 0 Å². The Labute approximate surface area is 127 Å². The Morgan fingerprint density at radius 2 is 1.90 bits per heavy atom. The summed E-state index contributed by atoms with van der Waals surface area (Å²) in [4.78, 5) is 0. The molecule has 20 heavy (non-hydrogen) atoms. The van der Waals surface area contributed by atoms with E-state index in [1.807, 2.05) is 48.5 Å². The molecule has 0 aliphatic rings. The highest BCUT2D eigenvalue weighted by atomic mass is 79.9. The lowest BCUT2D eigenvalue weighted by molar-refractivity contribution is 0.0461. The summed E-state index contributed by atoms with van der Waals surface area (Å²) in [5.74, 6) is 0.760. The molecule has 0 saturated carbocycles. The van der Waals surface area contributed by atoms with Crippen molar-refractivity contribution >= 4 is 15.9 Å². The Morgan fingerprint density at radius 3 is 2.50 bits per heavy atom. The van der Waals surface area contributed by atoms with Crippen molar-refractivity contribution in [2.24, 2.45) is 5.73 Å². The van der Waals surface area contributed by atoms with E-state index in [0.29, 0.717) is 6.42 Å². The standard InChI is InChI=1S/C16H18BrNO2/c1-20-14-7-8-15(17)12(9-14)10-16(19,11-18)13-5-3-2-4-6-13/h2-9,19H,10-11,18H2,1H3. The summed E-state index contributed by atoms with van der Waals surface area (Å²) in [7, 11) is 1.62. The maximum atomic E-state index is 10.8. The monoisotopic (exact) mass is 335 g/mol. The van der Waals surface area contributed by atoms with Crippen molar-refractivity contribution in [2.75, 3.05) is 13.7 Å². The number of aliphatic hydroxyl groups is 1. The highest BCUT2D eigenvalue weighted by Crippen LogP contribution is 2.30. The van der Waals surface area contributed by atoms with Crippen molar-refractivity contribution in [1.82, 2.24) is 0 Å². The SMILES string of the molecule is COc1ccc(Br)c(CC(O)(CN)c2ccccc2)c1. The van der Waals surface area contributed by atoms with Crippen molar-refractivity contribution in [3.8, 4) is 5.75 Å². The number of halogens is 1. The molecule has 2 rings (SSSR count). The van der Waals surface area contributed by atoms with Crippen LogP contribution in [0.5, 0.6) is 5.75 Å². The van der Waals surface area contributed by atoms with Gasteiger partial charge in [0.2, 0.25) is 0 Å². The molecule has 106 valence electrons. The summed E-state index contributed by atoms with van der Waals surface area (Å²) < 4.78 is 6.16. The fraction of sp³-hybridized carbons (Fsp3) is 0.250. The first-order chi connectivity index (χ1) is 9.59. The summed E-state index contributed by atoms with van der Waals surface area (Å²) >= 11 is 3.51. The third-order valence-electron chi connectivity index (χ3n) is 3.38. The molecular formula is C16H18BrNO2. The number of methoxy groups -OCH3 is 1. The minimum absolute atomic E-state index is 0.153. The highest BCUT2D eigenvalue weighted by molar-refractivity contribution is 9.10. The van der Waals surface area contributed by atoms with Crippen molar-refractivity contribution in [1.29, 1.82) is 0 Å². The van der Waals surface area contributed by atoms with Gasteiger partial charge < -0.3 is 15.6 Å². The van der Waals surface area contributed by atoms with Gasteiger partial charge in [0.15, 0.2) is 0 Å². The van der Waals surface area contributed by atoms with Gasteiger partial charge in [-0.1, -0.05) is 46.3 Å². The van der Waals surface area contributed by atoms with Crippen LogP contribution in [-0.2, 0) is 12.0 Å². The van der Waals surface area contributed by atoms with Gasteiger partial charge in [-0.05, 0) is 29.3 Å². The van der Waals surface area contributed by atoms with Crippen LogP contribution in [0, 0.1) is 0 Å². The van der Waals surface area contributed by atoms with Crippen LogP contribution < -0.4 is 10.5 Å². The van der Waals surface area contributed by atoms with Gasteiger partial charge in [-0.3, -0.25) is 0 Å². The van der Waals surface area contributed by atoms with E-state index in [2.05, 4.69) is 15.9 Å². The quantitative estimate of drug-likeness (QED) is 0.883. The zero-order chi connectivity index (χ0) is 14.6. The second-order valence-electron chi connectivity index (χ2n) is 4.74. The van der Waals surface area contributed by atoms with Crippen LogP contribution in [-0.4, -0.2) is 18.8 Å². The summed E-state index contributed by atoms with van der Waals surface area (Å²) in [5, 5.41) is 10.8. The highest BCUT2D eigenvalue weighted by Gasteiger charge is 2.28. The first kappa shape index (κ1) is 15.0. The van der Waals surface area contributed by atoms with Crippen LogP contribution in [0.1, 0.15) is 11.1 Å². The largest absolute Gasteiger partial charge is 0.497 e. The van der Waals surface area contributed by atoms with Gasteiger partial charge in [0, 0.05) is 17.4 Å². The average Bonchev–Trinajstić information content (AvgIpc) is 2.50. The van der Waals surface area contributed by atoms with Crippen LogP contribution in [0.3, 0.4) is 0 Å². The molecule has 0 bridgehead atoms. The van der Waals surface area contributed by atoms with E-state index in [9.17, 15) is 5.11 Å². The molecule has 0 radical (unpaired) electrons. The maximum absolute atomic E-state index is 10.8. The Morgan fingerprint density at radius 1 is 1.20 bits per heavy atom. The van der Waals surface area contributed by atoms with Crippen molar-refractivity contribution in [2.45, 2.75) is 12.0 Å². The summed E-state index contributed by atoms with van der Waals surface area (Å²) in [6.07, 6.45) is 0.422. The number of hydrogen-bond donors (Lipinski definition) is 2. The molecule has 0 fully saturated rings. The zero-order valence-corrected chi connectivity index (χ0v) is 12.9. The fourth-order valence-electron chi connectivity index (χ4n) is 2.17. The topological polar surface area (TPSA) is 55.5 Å². The van der Waals surface area contributed by atoms with Crippen LogP contribution >= 0.6 is 15.9 Å². The minimum Gasteiger partial charge on any atom is -0.497 e. The lowest BCUT2D eigenvalue weighted by Crippen LogP contribution is -2.37. The Bertz CT molecular complexity index is 574. The summed E-state index contributed by atoms with van der Waals surface area (Å²) in [6.45, 7) is 0.153. The van der Waals surface area contributed by atoms with Gasteiger partial charge in [0.25, 0.3) is 0 Å².